The van der Waals surface area contributed by atoms with E-state index in [4.69, 9.17) is 5.11 Å². The van der Waals surface area contributed by atoms with Crippen LogP contribution in [0.1, 0.15) is 6.42 Å². The third-order valence-electron chi connectivity index (χ3n) is 3.23. The lowest BCUT2D eigenvalue weighted by Crippen LogP contribution is -2.34. The highest BCUT2D eigenvalue weighted by atomic mass is 19.3. The predicted octanol–water partition coefficient (Wildman–Crippen LogP) is 2.37. The number of benzene rings is 1. The smallest absolute Gasteiger partial charge is 0.387 e. The van der Waals surface area contributed by atoms with Gasteiger partial charge in [0.15, 0.2) is 5.75 Å². The molecule has 2 amide bonds. The second kappa shape index (κ2) is 6.54. The van der Waals surface area contributed by atoms with Gasteiger partial charge in [0.1, 0.15) is 5.82 Å². The quantitative estimate of drug-likeness (QED) is 0.893. The standard InChI is InChI=1S/C13H13F3N2O4/c14-8-1-2-9(10(5-8)22-12(15)16)17-13(21)18-4-3-7(6-18)11(19)20/h1-2,5,7,12H,3-4,6H2,(H,17,21)(H,19,20). The summed E-state index contributed by atoms with van der Waals surface area (Å²) in [7, 11) is 0. The van der Waals surface area contributed by atoms with Crippen LogP contribution >= 0.6 is 0 Å². The Labute approximate surface area is 123 Å². The molecule has 1 heterocycles. The van der Waals surface area contributed by atoms with Gasteiger partial charge in [0.25, 0.3) is 0 Å². The van der Waals surface area contributed by atoms with Crippen LogP contribution in [0.2, 0.25) is 0 Å². The molecule has 2 N–H and O–H groups in total. The molecule has 0 radical (unpaired) electrons. The van der Waals surface area contributed by atoms with Crippen LogP contribution in [0.5, 0.6) is 5.75 Å². The van der Waals surface area contributed by atoms with Crippen molar-refractivity contribution in [2.24, 2.45) is 5.92 Å². The van der Waals surface area contributed by atoms with Gasteiger partial charge in [-0.1, -0.05) is 0 Å². The van der Waals surface area contributed by atoms with Crippen molar-refractivity contribution in [1.82, 2.24) is 4.90 Å². The topological polar surface area (TPSA) is 78.9 Å². The fraction of sp³-hybridized carbons (Fsp3) is 0.385. The molecule has 1 aromatic carbocycles. The van der Waals surface area contributed by atoms with Crippen LogP contribution in [-0.2, 0) is 4.79 Å². The lowest BCUT2D eigenvalue weighted by atomic mass is 10.1. The molecule has 2 rings (SSSR count). The summed E-state index contributed by atoms with van der Waals surface area (Å²) in [5.74, 6) is -2.95. The fourth-order valence-electron chi connectivity index (χ4n) is 2.13. The summed E-state index contributed by atoms with van der Waals surface area (Å²) in [5.41, 5.74) is -0.120. The van der Waals surface area contributed by atoms with Crippen LogP contribution in [0.4, 0.5) is 23.7 Å². The average molecular weight is 318 g/mol. The molecule has 1 atom stereocenters. The van der Waals surface area contributed by atoms with E-state index in [2.05, 4.69) is 10.1 Å². The third-order valence-corrected chi connectivity index (χ3v) is 3.23. The van der Waals surface area contributed by atoms with Crippen molar-refractivity contribution in [3.63, 3.8) is 0 Å². The summed E-state index contributed by atoms with van der Waals surface area (Å²) < 4.78 is 41.8. The van der Waals surface area contributed by atoms with Gasteiger partial charge in [-0.15, -0.1) is 0 Å². The van der Waals surface area contributed by atoms with E-state index >= 15 is 0 Å². The van der Waals surface area contributed by atoms with Crippen molar-refractivity contribution in [1.29, 1.82) is 0 Å². The maximum atomic E-state index is 13.1. The number of carboxylic acids is 1. The van der Waals surface area contributed by atoms with Crippen molar-refractivity contribution >= 4 is 17.7 Å². The van der Waals surface area contributed by atoms with Crippen molar-refractivity contribution in [2.45, 2.75) is 13.0 Å². The van der Waals surface area contributed by atoms with E-state index in [9.17, 15) is 22.8 Å². The normalized spacial score (nSPS) is 17.6. The van der Waals surface area contributed by atoms with E-state index in [1.165, 1.54) is 4.90 Å². The molecule has 1 aliphatic rings. The number of carboxylic acid groups (broad SMARTS) is 1. The molecule has 1 aromatic rings. The minimum Gasteiger partial charge on any atom is -0.481 e. The first-order chi connectivity index (χ1) is 10.4. The third kappa shape index (κ3) is 3.80. The number of nitrogens with one attached hydrogen (secondary N) is 1. The number of rotatable bonds is 4. The summed E-state index contributed by atoms with van der Waals surface area (Å²) in [5, 5.41) is 11.2. The highest BCUT2D eigenvalue weighted by Gasteiger charge is 2.31. The lowest BCUT2D eigenvalue weighted by molar-refractivity contribution is -0.141. The van der Waals surface area contributed by atoms with Gasteiger partial charge in [-0.2, -0.15) is 8.78 Å². The second-order valence-corrected chi connectivity index (χ2v) is 4.72. The molecule has 0 spiro atoms. The van der Waals surface area contributed by atoms with E-state index in [0.29, 0.717) is 6.42 Å². The molecule has 1 unspecified atom stereocenters. The molecule has 0 aromatic heterocycles. The number of hydrogen-bond acceptors (Lipinski definition) is 3. The molecule has 9 heteroatoms. The van der Waals surface area contributed by atoms with Crippen LogP contribution in [0.15, 0.2) is 18.2 Å². The van der Waals surface area contributed by atoms with Gasteiger partial charge >= 0.3 is 18.6 Å². The number of likely N-dealkylation sites (tertiary alicyclic amines) is 1. The Bertz CT molecular complexity index is 582. The monoisotopic (exact) mass is 318 g/mol. The summed E-state index contributed by atoms with van der Waals surface area (Å²) in [6.45, 7) is -2.91. The number of anilines is 1. The summed E-state index contributed by atoms with van der Waals surface area (Å²) >= 11 is 0. The minimum absolute atomic E-state index is 0.0212. The van der Waals surface area contributed by atoms with Crippen LogP contribution in [0.25, 0.3) is 0 Å². The highest BCUT2D eigenvalue weighted by molar-refractivity contribution is 5.91. The van der Waals surface area contributed by atoms with Gasteiger partial charge in [0.2, 0.25) is 0 Å². The largest absolute Gasteiger partial charge is 0.481 e. The number of carbonyl (C=O) groups excluding carboxylic acids is 1. The number of amides is 2. The Morgan fingerprint density at radius 1 is 1.41 bits per heavy atom. The van der Waals surface area contributed by atoms with Crippen LogP contribution in [-0.4, -0.2) is 41.7 Å². The molecule has 22 heavy (non-hydrogen) atoms. The van der Waals surface area contributed by atoms with Gasteiger partial charge in [0, 0.05) is 19.2 Å². The van der Waals surface area contributed by atoms with Gasteiger partial charge in [-0.3, -0.25) is 4.79 Å². The van der Waals surface area contributed by atoms with Crippen molar-refractivity contribution < 1.29 is 32.6 Å². The fourth-order valence-corrected chi connectivity index (χ4v) is 2.13. The number of aliphatic carboxylic acids is 1. The zero-order chi connectivity index (χ0) is 16.3. The Kier molecular flexibility index (Phi) is 4.74. The van der Waals surface area contributed by atoms with Gasteiger partial charge in [0.05, 0.1) is 11.6 Å². The van der Waals surface area contributed by atoms with E-state index < -0.39 is 36.1 Å². The van der Waals surface area contributed by atoms with Crippen LogP contribution in [0.3, 0.4) is 0 Å². The van der Waals surface area contributed by atoms with Crippen molar-refractivity contribution in [3.8, 4) is 5.75 Å². The zero-order valence-electron chi connectivity index (χ0n) is 11.3. The molecule has 0 bridgehead atoms. The van der Waals surface area contributed by atoms with Gasteiger partial charge in [-0.05, 0) is 18.6 Å². The Hall–Kier alpha value is -2.45. The summed E-state index contributed by atoms with van der Waals surface area (Å²) in [4.78, 5) is 24.1. The maximum absolute atomic E-state index is 13.1. The predicted molar refractivity (Wildman–Crippen MR) is 69.4 cm³/mol. The Morgan fingerprint density at radius 2 is 2.14 bits per heavy atom. The maximum Gasteiger partial charge on any atom is 0.387 e. The first-order valence-corrected chi connectivity index (χ1v) is 6.40. The molecule has 1 saturated heterocycles. The van der Waals surface area contributed by atoms with Crippen LogP contribution in [0, 0.1) is 11.7 Å². The number of nitrogens with zero attached hydrogens (tertiary/aromatic N) is 1. The van der Waals surface area contributed by atoms with Gasteiger partial charge < -0.3 is 20.1 Å². The Morgan fingerprint density at radius 3 is 2.73 bits per heavy atom. The summed E-state index contributed by atoms with van der Waals surface area (Å²) in [6.07, 6.45) is 0.312. The number of hydrogen-bond donors (Lipinski definition) is 2. The molecule has 1 aliphatic heterocycles. The molecule has 6 nitrogen and oxygen atoms in total. The zero-order valence-corrected chi connectivity index (χ0v) is 11.3. The van der Waals surface area contributed by atoms with Gasteiger partial charge in [-0.25, -0.2) is 9.18 Å². The SMILES string of the molecule is O=C(O)C1CCN(C(=O)Nc2ccc(F)cc2OC(F)F)C1. The minimum atomic E-state index is -3.17. The van der Waals surface area contributed by atoms with E-state index in [1.54, 1.807) is 0 Å². The first-order valence-electron chi connectivity index (χ1n) is 6.40. The molecule has 120 valence electrons. The Balaban J connectivity index is 2.07. The number of urea groups is 1. The number of halogens is 3. The number of alkyl halides is 2. The lowest BCUT2D eigenvalue weighted by Gasteiger charge is -2.18. The molecular weight excluding hydrogens is 305 g/mol. The molecule has 0 saturated carbocycles. The van der Waals surface area contributed by atoms with Crippen LogP contribution < -0.4 is 10.1 Å². The van der Waals surface area contributed by atoms with Crippen molar-refractivity contribution in [2.75, 3.05) is 18.4 Å². The molecule has 1 fully saturated rings. The molecule has 0 aliphatic carbocycles. The van der Waals surface area contributed by atoms with E-state index in [-0.39, 0.29) is 18.8 Å². The van der Waals surface area contributed by atoms with E-state index in [1.807, 2.05) is 0 Å². The summed E-state index contributed by atoms with van der Waals surface area (Å²) in [6, 6.07) is 2.15. The highest BCUT2D eigenvalue weighted by Crippen LogP contribution is 2.28. The first kappa shape index (κ1) is 15.9. The molecular formula is C13H13F3N2O4. The number of ether oxygens (including phenoxy) is 1. The average Bonchev–Trinajstić information content (AvgIpc) is 2.91. The number of carbonyl (C=O) groups is 2. The van der Waals surface area contributed by atoms with E-state index in [0.717, 1.165) is 18.2 Å². The van der Waals surface area contributed by atoms with Crippen molar-refractivity contribution in [3.05, 3.63) is 24.0 Å². The second-order valence-electron chi connectivity index (χ2n) is 4.72.